The van der Waals surface area contributed by atoms with E-state index >= 15 is 0 Å². The van der Waals surface area contributed by atoms with E-state index in [0.29, 0.717) is 30.0 Å². The largest absolute Gasteiger partial charge is 0.490 e. The quantitative estimate of drug-likeness (QED) is 0.611. The predicted octanol–water partition coefficient (Wildman–Crippen LogP) is 1.54. The predicted molar refractivity (Wildman–Crippen MR) is 50.0 cm³/mol. The highest BCUT2D eigenvalue weighted by Crippen LogP contribution is 2.32. The molecular weight excluding hydrogens is 166 g/mol. The lowest BCUT2D eigenvalue weighted by Gasteiger charge is -2.18. The number of carbonyl (C=O) groups excluding carboxylic acids is 1. The van der Waals surface area contributed by atoms with Gasteiger partial charge in [-0.2, -0.15) is 0 Å². The van der Waals surface area contributed by atoms with Gasteiger partial charge in [0.25, 0.3) is 0 Å². The fraction of sp³-hybridized carbons (Fsp3) is 0.300. The summed E-state index contributed by atoms with van der Waals surface area (Å²) in [6.07, 6.45) is 0.454. The first kappa shape index (κ1) is 8.10. The summed E-state index contributed by atoms with van der Waals surface area (Å²) in [5, 5.41) is 0. The molecule has 68 valence electrons. The van der Waals surface area contributed by atoms with Crippen LogP contribution in [0.1, 0.15) is 22.3 Å². The van der Waals surface area contributed by atoms with Crippen molar-refractivity contribution in [2.45, 2.75) is 13.3 Å². The van der Waals surface area contributed by atoms with E-state index in [-0.39, 0.29) is 5.78 Å². The molecule has 2 rings (SSSR count). The number of nitrogens with two attached hydrogens (primary N) is 1. The number of Topliss-reactive ketones (excluding diaryl/α,β-unsaturated/α-hetero) is 1. The number of benzene rings is 1. The second-order valence-corrected chi connectivity index (χ2v) is 3.19. The number of rotatable bonds is 0. The zero-order valence-electron chi connectivity index (χ0n) is 7.46. The van der Waals surface area contributed by atoms with Gasteiger partial charge in [-0.25, -0.2) is 0 Å². The van der Waals surface area contributed by atoms with Crippen molar-refractivity contribution in [2.24, 2.45) is 0 Å². The van der Waals surface area contributed by atoms with Crippen molar-refractivity contribution in [3.63, 3.8) is 0 Å². The molecule has 0 atom stereocenters. The van der Waals surface area contributed by atoms with Gasteiger partial charge >= 0.3 is 0 Å². The molecule has 0 bridgehead atoms. The summed E-state index contributed by atoms with van der Waals surface area (Å²) in [7, 11) is 0. The molecule has 3 nitrogen and oxygen atoms in total. The van der Waals surface area contributed by atoms with E-state index in [2.05, 4.69) is 0 Å². The maximum absolute atomic E-state index is 11.4. The Morgan fingerprint density at radius 3 is 3.00 bits per heavy atom. The van der Waals surface area contributed by atoms with Crippen LogP contribution in [0.2, 0.25) is 0 Å². The lowest BCUT2D eigenvalue weighted by Crippen LogP contribution is -2.16. The van der Waals surface area contributed by atoms with E-state index in [1.165, 1.54) is 0 Å². The highest BCUT2D eigenvalue weighted by Gasteiger charge is 2.20. The van der Waals surface area contributed by atoms with Crippen molar-refractivity contribution < 1.29 is 9.53 Å². The Labute approximate surface area is 76.5 Å². The van der Waals surface area contributed by atoms with Gasteiger partial charge in [0.2, 0.25) is 0 Å². The van der Waals surface area contributed by atoms with Crippen LogP contribution in [0.25, 0.3) is 0 Å². The van der Waals surface area contributed by atoms with E-state index < -0.39 is 0 Å². The summed E-state index contributed by atoms with van der Waals surface area (Å²) in [5.41, 5.74) is 7.95. The Bertz CT molecular complexity index is 371. The number of fused-ring (bicyclic) bond motifs is 1. The van der Waals surface area contributed by atoms with Gasteiger partial charge in [-0.05, 0) is 18.6 Å². The van der Waals surface area contributed by atoms with Gasteiger partial charge < -0.3 is 10.5 Å². The second-order valence-electron chi connectivity index (χ2n) is 3.19. The number of ketones is 1. The van der Waals surface area contributed by atoms with Gasteiger partial charge in [-0.15, -0.1) is 0 Å². The molecule has 13 heavy (non-hydrogen) atoms. The van der Waals surface area contributed by atoms with Gasteiger partial charge in [-0.1, -0.05) is 6.07 Å². The van der Waals surface area contributed by atoms with E-state index in [9.17, 15) is 4.79 Å². The summed E-state index contributed by atoms with van der Waals surface area (Å²) in [5.74, 6) is 0.684. The van der Waals surface area contributed by atoms with Crippen LogP contribution in [0, 0.1) is 6.92 Å². The van der Waals surface area contributed by atoms with E-state index in [1.807, 2.05) is 13.0 Å². The Kier molecular flexibility index (Phi) is 1.72. The van der Waals surface area contributed by atoms with Crippen molar-refractivity contribution in [1.29, 1.82) is 0 Å². The van der Waals surface area contributed by atoms with Crippen molar-refractivity contribution in [2.75, 3.05) is 12.3 Å². The van der Waals surface area contributed by atoms with Crippen LogP contribution < -0.4 is 10.5 Å². The molecule has 1 heterocycles. The zero-order valence-corrected chi connectivity index (χ0v) is 7.46. The number of hydrogen-bond acceptors (Lipinski definition) is 3. The smallest absolute Gasteiger partial charge is 0.170 e. The Morgan fingerprint density at radius 2 is 2.23 bits per heavy atom. The van der Waals surface area contributed by atoms with Crippen LogP contribution >= 0.6 is 0 Å². The van der Waals surface area contributed by atoms with Crippen LogP contribution in [0.15, 0.2) is 12.1 Å². The summed E-state index contributed by atoms with van der Waals surface area (Å²) >= 11 is 0. The Hall–Kier alpha value is -1.51. The molecule has 3 heteroatoms. The zero-order chi connectivity index (χ0) is 9.42. The number of aryl methyl sites for hydroxylation is 1. The maximum Gasteiger partial charge on any atom is 0.170 e. The third kappa shape index (κ3) is 1.16. The molecule has 0 aromatic heterocycles. The second kappa shape index (κ2) is 2.76. The molecule has 0 saturated carbocycles. The van der Waals surface area contributed by atoms with Crippen LogP contribution in [-0.2, 0) is 0 Å². The Morgan fingerprint density at radius 1 is 1.46 bits per heavy atom. The maximum atomic E-state index is 11.4. The third-order valence-corrected chi connectivity index (χ3v) is 2.29. The molecule has 0 unspecified atom stereocenters. The molecule has 0 fully saturated rings. The van der Waals surface area contributed by atoms with Crippen LogP contribution in [-0.4, -0.2) is 12.4 Å². The first-order valence-electron chi connectivity index (χ1n) is 4.25. The fourth-order valence-electron chi connectivity index (χ4n) is 1.45. The number of nitrogen functional groups attached to an aromatic ring is 1. The molecule has 0 aliphatic carbocycles. The Balaban J connectivity index is 2.63. The molecule has 1 aromatic carbocycles. The first-order chi connectivity index (χ1) is 6.20. The average molecular weight is 177 g/mol. The van der Waals surface area contributed by atoms with Gasteiger partial charge in [0.05, 0.1) is 17.9 Å². The first-order valence-corrected chi connectivity index (χ1v) is 4.25. The fourth-order valence-corrected chi connectivity index (χ4v) is 1.45. The van der Waals surface area contributed by atoms with E-state index in [0.717, 1.165) is 5.56 Å². The lowest BCUT2D eigenvalue weighted by molar-refractivity contribution is 0.0934. The standard InChI is InChI=1S/C10H11NO2/c1-6-2-3-7-8(12)4-5-13-10(7)9(6)11/h2-3H,4-5,11H2,1H3. The SMILES string of the molecule is Cc1ccc2c(c1N)OCCC2=O. The summed E-state index contributed by atoms with van der Waals surface area (Å²) in [4.78, 5) is 11.4. The number of carbonyl (C=O) groups is 1. The minimum atomic E-state index is 0.118. The highest BCUT2D eigenvalue weighted by molar-refractivity contribution is 6.01. The molecule has 1 aliphatic rings. The van der Waals surface area contributed by atoms with Gasteiger partial charge in [0.15, 0.2) is 11.5 Å². The van der Waals surface area contributed by atoms with E-state index in [4.69, 9.17) is 10.5 Å². The van der Waals surface area contributed by atoms with Gasteiger partial charge in [0, 0.05) is 6.42 Å². The molecular formula is C10H11NO2. The minimum absolute atomic E-state index is 0.118. The number of hydrogen-bond donors (Lipinski definition) is 1. The number of ether oxygens (including phenoxy) is 1. The van der Waals surface area contributed by atoms with E-state index in [1.54, 1.807) is 6.07 Å². The van der Waals surface area contributed by atoms with Gasteiger partial charge in [-0.3, -0.25) is 4.79 Å². The molecule has 1 aliphatic heterocycles. The summed E-state index contributed by atoms with van der Waals surface area (Å²) in [6.45, 7) is 2.34. The molecule has 2 N–H and O–H groups in total. The summed E-state index contributed by atoms with van der Waals surface area (Å²) in [6, 6.07) is 3.63. The number of anilines is 1. The monoisotopic (exact) mass is 177 g/mol. The van der Waals surface area contributed by atoms with Crippen LogP contribution in [0.3, 0.4) is 0 Å². The van der Waals surface area contributed by atoms with Crippen LogP contribution in [0.4, 0.5) is 5.69 Å². The van der Waals surface area contributed by atoms with Crippen molar-refractivity contribution in [1.82, 2.24) is 0 Å². The minimum Gasteiger partial charge on any atom is -0.490 e. The van der Waals surface area contributed by atoms with Gasteiger partial charge in [0.1, 0.15) is 0 Å². The lowest BCUT2D eigenvalue weighted by atomic mass is 10.0. The van der Waals surface area contributed by atoms with Crippen LogP contribution in [0.5, 0.6) is 5.75 Å². The van der Waals surface area contributed by atoms with Crippen molar-refractivity contribution in [3.05, 3.63) is 23.3 Å². The molecule has 0 radical (unpaired) electrons. The normalized spacial score (nSPS) is 15.0. The molecule has 0 spiro atoms. The topological polar surface area (TPSA) is 52.3 Å². The van der Waals surface area contributed by atoms with Crippen molar-refractivity contribution >= 4 is 11.5 Å². The highest BCUT2D eigenvalue weighted by atomic mass is 16.5. The molecule has 1 aromatic rings. The molecule has 0 amide bonds. The third-order valence-electron chi connectivity index (χ3n) is 2.29. The molecule has 0 saturated heterocycles. The average Bonchev–Trinajstić information content (AvgIpc) is 2.12. The van der Waals surface area contributed by atoms with Crippen molar-refractivity contribution in [3.8, 4) is 5.75 Å². The summed E-state index contributed by atoms with van der Waals surface area (Å²) < 4.78 is 5.36.